The molecular weight excluding hydrogens is 564 g/mol. The van der Waals surface area contributed by atoms with Crippen LogP contribution < -0.4 is 0 Å². The minimum atomic E-state index is -3.73. The Morgan fingerprint density at radius 2 is 1.33 bits per heavy atom. The highest BCUT2D eigenvalue weighted by Crippen LogP contribution is 2.28. The number of aromatic nitrogens is 2. The molecule has 0 saturated heterocycles. The molecule has 3 aromatic carbocycles. The van der Waals surface area contributed by atoms with E-state index >= 15 is 0 Å². The number of nitrogens with one attached hydrogen (secondary N) is 1. The molecule has 8 nitrogen and oxygen atoms in total. The summed E-state index contributed by atoms with van der Waals surface area (Å²) in [6.07, 6.45) is 6.30. The van der Waals surface area contributed by atoms with Crippen LogP contribution in [0.1, 0.15) is 63.8 Å². The highest BCUT2D eigenvalue weighted by molar-refractivity contribution is 7.90. The van der Waals surface area contributed by atoms with Gasteiger partial charge in [-0.2, -0.15) is 0 Å². The van der Waals surface area contributed by atoms with Crippen molar-refractivity contribution in [2.45, 2.75) is 72.1 Å². The number of benzene rings is 3. The standard InChI is InChI=1S/C19H19NO4S.C13H15NO2.2CH4/c1-2-14-8-10-18-17(12-14)15(9-11-19(21)22)13-20(18)25(23,24)16-6-4-3-5-7-16;1-2-9-3-5-12-11(7-9)10(8-14-12)4-6-13(15)16;;/h3-8,10,12-13H,2,9,11H2,1H3,(H,21,22);3,5,7-8,14H,2,4,6H2,1H3,(H,15,16);2*1H4. The molecular formula is C34H42N2O6S. The molecule has 3 N–H and O–H groups in total. The third kappa shape index (κ3) is 8.14. The van der Waals surface area contributed by atoms with Crippen molar-refractivity contribution >= 4 is 43.8 Å². The van der Waals surface area contributed by atoms with Crippen LogP contribution in [0.3, 0.4) is 0 Å². The van der Waals surface area contributed by atoms with E-state index in [2.05, 4.69) is 30.1 Å². The van der Waals surface area contributed by atoms with E-state index in [-0.39, 0.29) is 39.0 Å². The van der Waals surface area contributed by atoms with Crippen LogP contribution in [-0.2, 0) is 45.3 Å². The van der Waals surface area contributed by atoms with Gasteiger partial charge in [-0.05, 0) is 84.3 Å². The zero-order valence-corrected chi connectivity index (χ0v) is 23.9. The van der Waals surface area contributed by atoms with Gasteiger partial charge in [0.05, 0.1) is 10.4 Å². The van der Waals surface area contributed by atoms with Gasteiger partial charge >= 0.3 is 11.9 Å². The Morgan fingerprint density at radius 3 is 1.91 bits per heavy atom. The van der Waals surface area contributed by atoms with Gasteiger partial charge < -0.3 is 15.2 Å². The lowest BCUT2D eigenvalue weighted by molar-refractivity contribution is -0.138. The number of aryl methyl sites for hydroxylation is 4. The summed E-state index contributed by atoms with van der Waals surface area (Å²) in [5.41, 5.74) is 5.83. The maximum atomic E-state index is 13.0. The lowest BCUT2D eigenvalue weighted by atomic mass is 10.0. The molecule has 5 rings (SSSR count). The van der Waals surface area contributed by atoms with Crippen LogP contribution in [0.15, 0.2) is 84.0 Å². The fourth-order valence-corrected chi connectivity index (χ4v) is 6.19. The van der Waals surface area contributed by atoms with Crippen molar-refractivity contribution in [3.8, 4) is 0 Å². The van der Waals surface area contributed by atoms with Gasteiger partial charge in [0.2, 0.25) is 0 Å². The monoisotopic (exact) mass is 606 g/mol. The minimum Gasteiger partial charge on any atom is -0.481 e. The quantitative estimate of drug-likeness (QED) is 0.151. The number of aromatic amines is 1. The summed E-state index contributed by atoms with van der Waals surface area (Å²) in [6, 6.07) is 20.2. The van der Waals surface area contributed by atoms with E-state index in [0.29, 0.717) is 11.9 Å². The maximum Gasteiger partial charge on any atom is 0.303 e. The third-order valence-electron chi connectivity index (χ3n) is 7.08. The number of hydrogen-bond donors (Lipinski definition) is 3. The Bertz CT molecular complexity index is 1790. The molecule has 43 heavy (non-hydrogen) atoms. The number of carboxylic acids is 2. The second kappa shape index (κ2) is 15.2. The number of rotatable bonds is 10. The zero-order valence-electron chi connectivity index (χ0n) is 23.1. The van der Waals surface area contributed by atoms with E-state index in [4.69, 9.17) is 10.2 Å². The van der Waals surface area contributed by atoms with Crippen molar-refractivity contribution in [2.24, 2.45) is 0 Å². The number of H-pyrrole nitrogens is 1. The molecule has 0 bridgehead atoms. The molecule has 0 unspecified atom stereocenters. The Hall–Kier alpha value is -4.37. The van der Waals surface area contributed by atoms with Crippen LogP contribution in [0, 0.1) is 0 Å². The van der Waals surface area contributed by atoms with Gasteiger partial charge in [0.1, 0.15) is 0 Å². The van der Waals surface area contributed by atoms with Crippen LogP contribution >= 0.6 is 0 Å². The first-order valence-electron chi connectivity index (χ1n) is 13.6. The van der Waals surface area contributed by atoms with Gasteiger partial charge in [0.15, 0.2) is 0 Å². The lowest BCUT2D eigenvalue weighted by Crippen LogP contribution is -2.11. The molecule has 0 spiro atoms. The van der Waals surface area contributed by atoms with E-state index in [1.165, 1.54) is 9.54 Å². The molecule has 0 fully saturated rings. The van der Waals surface area contributed by atoms with Gasteiger partial charge in [0, 0.05) is 41.5 Å². The van der Waals surface area contributed by atoms with E-state index in [9.17, 15) is 18.0 Å². The number of aliphatic carboxylic acids is 2. The number of hydrogen-bond acceptors (Lipinski definition) is 4. The first-order valence-corrected chi connectivity index (χ1v) is 15.0. The molecule has 230 valence electrons. The predicted octanol–water partition coefficient (Wildman–Crippen LogP) is 7.48. The molecule has 0 atom stereocenters. The Labute approximate surface area is 254 Å². The van der Waals surface area contributed by atoms with Gasteiger partial charge in [0.25, 0.3) is 10.0 Å². The summed E-state index contributed by atoms with van der Waals surface area (Å²) in [5.74, 6) is -1.65. The molecule has 0 amide bonds. The summed E-state index contributed by atoms with van der Waals surface area (Å²) >= 11 is 0. The Kier molecular flexibility index (Phi) is 12.3. The topological polar surface area (TPSA) is 129 Å². The fraction of sp³-hybridized carbons (Fsp3) is 0.294. The van der Waals surface area contributed by atoms with Crippen LogP contribution in [0.2, 0.25) is 0 Å². The second-order valence-corrected chi connectivity index (χ2v) is 11.6. The summed E-state index contributed by atoms with van der Waals surface area (Å²) < 4.78 is 27.3. The second-order valence-electron chi connectivity index (χ2n) is 9.81. The van der Waals surface area contributed by atoms with E-state index in [1.807, 2.05) is 25.3 Å². The van der Waals surface area contributed by atoms with Crippen molar-refractivity contribution in [3.63, 3.8) is 0 Å². The highest BCUT2D eigenvalue weighted by Gasteiger charge is 2.21. The van der Waals surface area contributed by atoms with Crippen molar-refractivity contribution in [1.29, 1.82) is 0 Å². The number of carbonyl (C=O) groups is 2. The molecule has 5 aromatic rings. The average Bonchev–Trinajstić information content (AvgIpc) is 3.56. The van der Waals surface area contributed by atoms with Crippen molar-refractivity contribution in [3.05, 3.63) is 101 Å². The van der Waals surface area contributed by atoms with Crippen molar-refractivity contribution in [1.82, 2.24) is 8.96 Å². The molecule has 0 aliphatic carbocycles. The molecule has 0 aliphatic rings. The maximum absolute atomic E-state index is 13.0. The minimum absolute atomic E-state index is 0. The lowest BCUT2D eigenvalue weighted by Gasteiger charge is -2.07. The van der Waals surface area contributed by atoms with E-state index in [1.54, 1.807) is 42.6 Å². The smallest absolute Gasteiger partial charge is 0.303 e. The fourth-order valence-electron chi connectivity index (χ4n) is 4.77. The largest absolute Gasteiger partial charge is 0.481 e. The molecule has 0 radical (unpaired) electrons. The van der Waals surface area contributed by atoms with Gasteiger partial charge in [-0.15, -0.1) is 0 Å². The number of nitrogens with zero attached hydrogens (tertiary/aromatic N) is 1. The van der Waals surface area contributed by atoms with Crippen LogP contribution in [0.25, 0.3) is 21.8 Å². The molecule has 0 aliphatic heterocycles. The van der Waals surface area contributed by atoms with E-state index < -0.39 is 22.0 Å². The Morgan fingerprint density at radius 1 is 0.767 bits per heavy atom. The Balaban J connectivity index is 0.000000312. The number of carboxylic acid groups (broad SMARTS) is 2. The molecule has 9 heteroatoms. The van der Waals surface area contributed by atoms with Gasteiger partial charge in [-0.3, -0.25) is 9.59 Å². The number of fused-ring (bicyclic) bond motifs is 2. The van der Waals surface area contributed by atoms with Crippen molar-refractivity contribution < 1.29 is 28.2 Å². The average molecular weight is 607 g/mol. The van der Waals surface area contributed by atoms with Crippen LogP contribution in [-0.4, -0.2) is 39.5 Å². The highest BCUT2D eigenvalue weighted by atomic mass is 32.2. The molecule has 2 heterocycles. The van der Waals surface area contributed by atoms with Crippen molar-refractivity contribution in [2.75, 3.05) is 0 Å². The summed E-state index contributed by atoms with van der Waals surface area (Å²) in [6.45, 7) is 4.14. The first-order chi connectivity index (χ1) is 19.6. The summed E-state index contributed by atoms with van der Waals surface area (Å²) in [7, 11) is -3.73. The normalized spacial score (nSPS) is 10.8. The summed E-state index contributed by atoms with van der Waals surface area (Å²) in [4.78, 5) is 24.9. The molecule has 0 saturated carbocycles. The SMILES string of the molecule is C.C.CCc1ccc2[nH]cc(CCC(=O)O)c2c1.CCc1ccc2c(c1)c(CCC(=O)O)cn2S(=O)(=O)c1ccccc1. The predicted molar refractivity (Wildman–Crippen MR) is 173 cm³/mol. The third-order valence-corrected chi connectivity index (χ3v) is 8.77. The molecule has 2 aromatic heterocycles. The van der Waals surface area contributed by atoms with Crippen LogP contribution in [0.4, 0.5) is 0 Å². The van der Waals surface area contributed by atoms with Crippen LogP contribution in [0.5, 0.6) is 0 Å². The van der Waals surface area contributed by atoms with Gasteiger partial charge in [-0.25, -0.2) is 12.4 Å². The van der Waals surface area contributed by atoms with Gasteiger partial charge in [-0.1, -0.05) is 59.0 Å². The first kappa shape index (κ1) is 34.8. The zero-order chi connectivity index (χ0) is 29.6. The van der Waals surface area contributed by atoms with E-state index in [0.717, 1.165) is 45.8 Å². The summed E-state index contributed by atoms with van der Waals surface area (Å²) in [5, 5.41) is 19.6.